The molecule has 21 heavy (non-hydrogen) atoms. The van der Waals surface area contributed by atoms with Gasteiger partial charge in [-0.15, -0.1) is 0 Å². The molecule has 0 fully saturated rings. The van der Waals surface area contributed by atoms with Gasteiger partial charge in [-0.2, -0.15) is 8.78 Å². The third kappa shape index (κ3) is 4.14. The molecule has 1 amide bonds. The van der Waals surface area contributed by atoms with Crippen molar-refractivity contribution < 1.29 is 28.2 Å². The predicted molar refractivity (Wildman–Crippen MR) is 71.7 cm³/mol. The second-order valence-corrected chi connectivity index (χ2v) is 5.20. The second kappa shape index (κ2) is 6.07. The quantitative estimate of drug-likeness (QED) is 0.876. The average Bonchev–Trinajstić information content (AvgIpc) is 2.32. The summed E-state index contributed by atoms with van der Waals surface area (Å²) in [6, 6.07) is 2.75. The maximum absolute atomic E-state index is 12.3. The first-order valence-corrected chi connectivity index (χ1v) is 6.16. The number of halogens is 2. The van der Waals surface area contributed by atoms with Gasteiger partial charge in [0.2, 0.25) is 0 Å². The summed E-state index contributed by atoms with van der Waals surface area (Å²) in [4.78, 5) is 23.0. The molecule has 0 radical (unpaired) electrons. The van der Waals surface area contributed by atoms with Gasteiger partial charge in [-0.25, -0.2) is 4.79 Å². The Balaban J connectivity index is 3.05. The van der Waals surface area contributed by atoms with Gasteiger partial charge in [0.05, 0.1) is 0 Å². The number of carboxylic acid groups (broad SMARTS) is 1. The number of carbonyl (C=O) groups is 2. The van der Waals surface area contributed by atoms with Crippen LogP contribution < -0.4 is 10.1 Å². The number of hydrogen-bond donors (Lipinski definition) is 2. The summed E-state index contributed by atoms with van der Waals surface area (Å²) in [6.07, 6.45) is 0. The van der Waals surface area contributed by atoms with E-state index in [4.69, 9.17) is 5.11 Å². The maximum atomic E-state index is 12.3. The molecule has 0 saturated carbocycles. The van der Waals surface area contributed by atoms with Crippen molar-refractivity contribution in [3.05, 3.63) is 28.8 Å². The summed E-state index contributed by atoms with van der Waals surface area (Å²) in [5.41, 5.74) is -0.514. The molecular formula is C14H17F2NO4. The topological polar surface area (TPSA) is 75.6 Å². The Morgan fingerprint density at radius 3 is 2.10 bits per heavy atom. The molecule has 0 aliphatic heterocycles. The molecule has 0 aliphatic rings. The van der Waals surface area contributed by atoms with Crippen molar-refractivity contribution in [1.82, 2.24) is 5.32 Å². The number of carbonyl (C=O) groups excluding carboxylic acids is 1. The molecule has 0 saturated heterocycles. The van der Waals surface area contributed by atoms with E-state index in [0.29, 0.717) is 11.1 Å². The van der Waals surface area contributed by atoms with E-state index in [1.165, 1.54) is 39.8 Å². The molecule has 0 spiro atoms. The smallest absolute Gasteiger partial charge is 0.387 e. The zero-order valence-electron chi connectivity index (χ0n) is 12.2. The third-order valence-electron chi connectivity index (χ3n) is 2.89. The summed E-state index contributed by atoms with van der Waals surface area (Å²) in [7, 11) is 0. The SMILES string of the molecule is Cc1cc(C(=O)NC(C)(C)C(=O)O)cc(C)c1OC(F)F. The van der Waals surface area contributed by atoms with Crippen molar-refractivity contribution in [2.24, 2.45) is 0 Å². The average molecular weight is 301 g/mol. The van der Waals surface area contributed by atoms with E-state index in [2.05, 4.69) is 10.1 Å². The fourth-order valence-electron chi connectivity index (χ4n) is 1.77. The predicted octanol–water partition coefficient (Wildman–Crippen LogP) is 2.50. The fraction of sp³-hybridized carbons (Fsp3) is 0.429. The number of ether oxygens (including phenoxy) is 1. The highest BCUT2D eigenvalue weighted by molar-refractivity contribution is 5.98. The first kappa shape index (κ1) is 16.9. The highest BCUT2D eigenvalue weighted by atomic mass is 19.3. The highest BCUT2D eigenvalue weighted by Gasteiger charge is 2.29. The first-order chi connectivity index (χ1) is 9.54. The Labute approximate surface area is 120 Å². The van der Waals surface area contributed by atoms with Crippen LogP contribution in [-0.4, -0.2) is 29.1 Å². The highest BCUT2D eigenvalue weighted by Crippen LogP contribution is 2.26. The maximum Gasteiger partial charge on any atom is 0.387 e. The molecule has 5 nitrogen and oxygen atoms in total. The van der Waals surface area contributed by atoms with Crippen LogP contribution in [0.4, 0.5) is 8.78 Å². The lowest BCUT2D eigenvalue weighted by molar-refractivity contribution is -0.143. The lowest BCUT2D eigenvalue weighted by Crippen LogP contribution is -2.49. The Kier molecular flexibility index (Phi) is 4.88. The molecule has 1 aromatic rings. The van der Waals surface area contributed by atoms with Gasteiger partial charge < -0.3 is 15.2 Å². The van der Waals surface area contributed by atoms with Crippen molar-refractivity contribution in [3.8, 4) is 5.75 Å². The van der Waals surface area contributed by atoms with Crippen molar-refractivity contribution in [2.75, 3.05) is 0 Å². The van der Waals surface area contributed by atoms with Crippen LogP contribution >= 0.6 is 0 Å². The van der Waals surface area contributed by atoms with Gasteiger partial charge in [0.25, 0.3) is 5.91 Å². The number of amides is 1. The number of carboxylic acids is 1. The molecule has 0 heterocycles. The summed E-state index contributed by atoms with van der Waals surface area (Å²) < 4.78 is 29.0. The van der Waals surface area contributed by atoms with Gasteiger partial charge in [0.15, 0.2) is 0 Å². The van der Waals surface area contributed by atoms with E-state index < -0.39 is 24.0 Å². The van der Waals surface area contributed by atoms with E-state index in [9.17, 15) is 18.4 Å². The molecule has 7 heteroatoms. The van der Waals surface area contributed by atoms with Crippen LogP contribution in [0.1, 0.15) is 35.3 Å². The molecule has 116 valence electrons. The van der Waals surface area contributed by atoms with Crippen LogP contribution in [0.3, 0.4) is 0 Å². The molecule has 0 unspecified atom stereocenters. The van der Waals surface area contributed by atoms with E-state index in [1.807, 2.05) is 0 Å². The standard InChI is InChI=1S/C14H17F2NO4/c1-7-5-9(6-8(2)10(7)21-13(15)16)11(18)17-14(3,4)12(19)20/h5-6,13H,1-4H3,(H,17,18)(H,19,20). The van der Waals surface area contributed by atoms with Crippen LogP contribution in [0.25, 0.3) is 0 Å². The lowest BCUT2D eigenvalue weighted by atomic mass is 10.0. The number of nitrogens with one attached hydrogen (secondary N) is 1. The van der Waals surface area contributed by atoms with Crippen LogP contribution in [0.15, 0.2) is 12.1 Å². The molecule has 0 aromatic heterocycles. The second-order valence-electron chi connectivity index (χ2n) is 5.20. The minimum atomic E-state index is -2.95. The van der Waals surface area contributed by atoms with E-state index in [-0.39, 0.29) is 11.3 Å². The van der Waals surface area contributed by atoms with Crippen LogP contribution in [-0.2, 0) is 4.79 Å². The molecule has 1 rings (SSSR count). The third-order valence-corrected chi connectivity index (χ3v) is 2.89. The Morgan fingerprint density at radius 1 is 1.24 bits per heavy atom. The lowest BCUT2D eigenvalue weighted by Gasteiger charge is -2.21. The number of rotatable bonds is 5. The van der Waals surface area contributed by atoms with E-state index in [1.54, 1.807) is 0 Å². The van der Waals surface area contributed by atoms with Gasteiger partial charge >= 0.3 is 12.6 Å². The number of hydrogen-bond acceptors (Lipinski definition) is 3. The van der Waals surface area contributed by atoms with Gasteiger partial charge in [-0.1, -0.05) is 0 Å². The number of aliphatic carboxylic acids is 1. The summed E-state index contributed by atoms with van der Waals surface area (Å²) in [5.74, 6) is -1.77. The number of alkyl halides is 2. The van der Waals surface area contributed by atoms with Crippen LogP contribution in [0.2, 0.25) is 0 Å². The zero-order chi connectivity index (χ0) is 16.4. The number of benzene rings is 1. The molecule has 0 bridgehead atoms. The monoisotopic (exact) mass is 301 g/mol. The van der Waals surface area contributed by atoms with Gasteiger partial charge in [0, 0.05) is 5.56 Å². The summed E-state index contributed by atoms with van der Waals surface area (Å²) in [6.45, 7) is 2.81. The summed E-state index contributed by atoms with van der Waals surface area (Å²) >= 11 is 0. The molecule has 0 aliphatic carbocycles. The van der Waals surface area contributed by atoms with Crippen molar-refractivity contribution in [3.63, 3.8) is 0 Å². The van der Waals surface area contributed by atoms with E-state index in [0.717, 1.165) is 0 Å². The minimum Gasteiger partial charge on any atom is -0.480 e. The summed E-state index contributed by atoms with van der Waals surface area (Å²) in [5, 5.41) is 11.3. The minimum absolute atomic E-state index is 0.0130. The fourth-order valence-corrected chi connectivity index (χ4v) is 1.77. The molecular weight excluding hydrogens is 284 g/mol. The Bertz CT molecular complexity index is 547. The first-order valence-electron chi connectivity index (χ1n) is 6.16. The molecule has 2 N–H and O–H groups in total. The van der Waals surface area contributed by atoms with Crippen molar-refractivity contribution in [2.45, 2.75) is 39.8 Å². The normalized spacial score (nSPS) is 11.4. The van der Waals surface area contributed by atoms with Crippen LogP contribution in [0.5, 0.6) is 5.75 Å². The zero-order valence-corrected chi connectivity index (χ0v) is 12.2. The van der Waals surface area contributed by atoms with E-state index >= 15 is 0 Å². The largest absolute Gasteiger partial charge is 0.480 e. The Hall–Kier alpha value is -2.18. The van der Waals surface area contributed by atoms with Gasteiger partial charge in [-0.05, 0) is 51.0 Å². The van der Waals surface area contributed by atoms with Gasteiger partial charge in [-0.3, -0.25) is 4.79 Å². The molecule has 0 atom stereocenters. The van der Waals surface area contributed by atoms with Crippen molar-refractivity contribution in [1.29, 1.82) is 0 Å². The molecule has 1 aromatic carbocycles. The van der Waals surface area contributed by atoms with Gasteiger partial charge in [0.1, 0.15) is 11.3 Å². The Morgan fingerprint density at radius 2 is 1.71 bits per heavy atom. The van der Waals surface area contributed by atoms with Crippen molar-refractivity contribution >= 4 is 11.9 Å². The van der Waals surface area contributed by atoms with Crippen LogP contribution in [0, 0.1) is 13.8 Å². The number of aryl methyl sites for hydroxylation is 2.